The van der Waals surface area contributed by atoms with Gasteiger partial charge in [0.25, 0.3) is 15.9 Å². The molecule has 1 aromatic heterocycles. The maximum absolute atomic E-state index is 12.2. The summed E-state index contributed by atoms with van der Waals surface area (Å²) in [5.74, 6) is -0.197. The number of sulfonamides is 1. The van der Waals surface area contributed by atoms with Crippen LogP contribution >= 0.6 is 0 Å². The van der Waals surface area contributed by atoms with Crippen molar-refractivity contribution in [2.24, 2.45) is 0 Å². The van der Waals surface area contributed by atoms with Crippen LogP contribution in [0.5, 0.6) is 0 Å². The number of hydrogen-bond donors (Lipinski definition) is 3. The van der Waals surface area contributed by atoms with Crippen LogP contribution in [0.4, 0.5) is 5.69 Å². The second kappa shape index (κ2) is 5.96. The summed E-state index contributed by atoms with van der Waals surface area (Å²) in [5, 5.41) is 8.94. The number of nitrogens with zero attached hydrogens (tertiary/aromatic N) is 1. The van der Waals surface area contributed by atoms with Gasteiger partial charge < -0.3 is 5.32 Å². The fourth-order valence-electron chi connectivity index (χ4n) is 1.77. The fraction of sp³-hybridized carbons (Fsp3) is 0.231. The maximum atomic E-state index is 12.2. The van der Waals surface area contributed by atoms with Gasteiger partial charge in [0, 0.05) is 17.8 Å². The number of aryl methyl sites for hydroxylation is 1. The van der Waals surface area contributed by atoms with E-state index < -0.39 is 10.0 Å². The van der Waals surface area contributed by atoms with Crippen molar-refractivity contribution in [1.82, 2.24) is 15.5 Å². The topological polar surface area (TPSA) is 104 Å². The van der Waals surface area contributed by atoms with Crippen LogP contribution in [0.25, 0.3) is 0 Å². The van der Waals surface area contributed by atoms with Crippen LogP contribution in [0.3, 0.4) is 0 Å². The molecule has 0 saturated heterocycles. The molecule has 0 spiro atoms. The van der Waals surface area contributed by atoms with E-state index in [9.17, 15) is 13.2 Å². The van der Waals surface area contributed by atoms with Crippen molar-refractivity contribution in [2.75, 3.05) is 11.3 Å². The van der Waals surface area contributed by atoms with Gasteiger partial charge in [-0.3, -0.25) is 14.6 Å². The molecule has 0 aliphatic carbocycles. The van der Waals surface area contributed by atoms with Crippen LogP contribution in [0.2, 0.25) is 0 Å². The first-order valence-electron chi connectivity index (χ1n) is 6.35. The molecule has 1 aromatic carbocycles. The molecule has 0 unspecified atom stereocenters. The van der Waals surface area contributed by atoms with E-state index >= 15 is 0 Å². The Hall–Kier alpha value is -2.35. The maximum Gasteiger partial charge on any atom is 0.265 e. The minimum absolute atomic E-state index is 0.0929. The highest BCUT2D eigenvalue weighted by atomic mass is 32.2. The number of amides is 1. The molecule has 2 aromatic rings. The average molecular weight is 308 g/mol. The first-order chi connectivity index (χ1) is 9.94. The number of H-pyrrole nitrogens is 1. The number of nitrogens with one attached hydrogen (secondary N) is 3. The Balaban J connectivity index is 2.17. The Morgan fingerprint density at radius 3 is 2.48 bits per heavy atom. The number of hydrogen-bond acceptors (Lipinski definition) is 4. The third kappa shape index (κ3) is 3.40. The van der Waals surface area contributed by atoms with Gasteiger partial charge in [-0.2, -0.15) is 5.10 Å². The van der Waals surface area contributed by atoms with E-state index in [2.05, 4.69) is 20.2 Å². The number of benzene rings is 1. The predicted molar refractivity (Wildman–Crippen MR) is 78.6 cm³/mol. The monoisotopic (exact) mass is 308 g/mol. The van der Waals surface area contributed by atoms with Crippen molar-refractivity contribution in [3.63, 3.8) is 0 Å². The summed E-state index contributed by atoms with van der Waals surface area (Å²) in [6.45, 7) is 3.99. The van der Waals surface area contributed by atoms with Crippen LogP contribution in [0, 0.1) is 6.92 Å². The molecule has 1 amide bonds. The van der Waals surface area contributed by atoms with Crippen LogP contribution in [0.15, 0.2) is 35.4 Å². The largest absolute Gasteiger partial charge is 0.352 e. The summed E-state index contributed by atoms with van der Waals surface area (Å²) in [4.78, 5) is 11.7. The lowest BCUT2D eigenvalue weighted by molar-refractivity contribution is 0.0956. The molecule has 0 fully saturated rings. The van der Waals surface area contributed by atoms with Gasteiger partial charge in [-0.15, -0.1) is 0 Å². The zero-order valence-electron chi connectivity index (χ0n) is 11.7. The van der Waals surface area contributed by atoms with E-state index in [1.165, 1.54) is 18.3 Å². The number of carbonyl (C=O) groups is 1. The summed E-state index contributed by atoms with van der Waals surface area (Å²) in [6, 6.07) is 6.20. The molecule has 2 rings (SSSR count). The van der Waals surface area contributed by atoms with Gasteiger partial charge in [0.15, 0.2) is 0 Å². The second-order valence-electron chi connectivity index (χ2n) is 4.40. The molecule has 21 heavy (non-hydrogen) atoms. The third-order valence-corrected chi connectivity index (χ3v) is 4.30. The lowest BCUT2D eigenvalue weighted by Crippen LogP contribution is -2.22. The van der Waals surface area contributed by atoms with Crippen LogP contribution in [0.1, 0.15) is 23.0 Å². The number of rotatable bonds is 5. The van der Waals surface area contributed by atoms with E-state index in [-0.39, 0.29) is 10.8 Å². The summed E-state index contributed by atoms with van der Waals surface area (Å²) in [6.07, 6.45) is 1.25. The minimum atomic E-state index is -3.69. The van der Waals surface area contributed by atoms with E-state index in [0.29, 0.717) is 23.5 Å². The average Bonchev–Trinajstić information content (AvgIpc) is 2.86. The van der Waals surface area contributed by atoms with Gasteiger partial charge in [-0.25, -0.2) is 8.42 Å². The van der Waals surface area contributed by atoms with Crippen molar-refractivity contribution >= 4 is 21.6 Å². The Kier molecular flexibility index (Phi) is 4.27. The van der Waals surface area contributed by atoms with Gasteiger partial charge in [0.05, 0.1) is 11.9 Å². The summed E-state index contributed by atoms with van der Waals surface area (Å²) < 4.78 is 26.7. The number of carbonyl (C=O) groups excluding carboxylic acids is 1. The number of anilines is 1. The highest BCUT2D eigenvalue weighted by Gasteiger charge is 2.18. The molecule has 0 aliphatic heterocycles. The molecule has 3 N–H and O–H groups in total. The Labute approximate surface area is 122 Å². The van der Waals surface area contributed by atoms with Crippen molar-refractivity contribution < 1.29 is 13.2 Å². The molecule has 0 aliphatic rings. The summed E-state index contributed by atoms with van der Waals surface area (Å²) in [7, 11) is -3.69. The van der Waals surface area contributed by atoms with Gasteiger partial charge in [0.1, 0.15) is 4.90 Å². The van der Waals surface area contributed by atoms with Crippen molar-refractivity contribution in [1.29, 1.82) is 0 Å². The zero-order valence-corrected chi connectivity index (χ0v) is 12.5. The molecular formula is C13H16N4O3S. The van der Waals surface area contributed by atoms with Gasteiger partial charge in [0.2, 0.25) is 0 Å². The number of aromatic nitrogens is 2. The predicted octanol–water partition coefficient (Wildman–Crippen LogP) is 1.27. The fourth-order valence-corrected chi connectivity index (χ4v) is 2.97. The van der Waals surface area contributed by atoms with Crippen molar-refractivity contribution in [2.45, 2.75) is 18.7 Å². The Bertz CT molecular complexity index is 735. The quantitative estimate of drug-likeness (QED) is 0.773. The van der Waals surface area contributed by atoms with Crippen molar-refractivity contribution in [3.8, 4) is 0 Å². The summed E-state index contributed by atoms with van der Waals surface area (Å²) in [5.41, 5.74) is 1.31. The van der Waals surface area contributed by atoms with E-state index in [1.807, 2.05) is 6.92 Å². The SMILES string of the molecule is CCNC(=O)c1ccc(NS(=O)(=O)c2cn[nH]c2C)cc1. The lowest BCUT2D eigenvalue weighted by Gasteiger charge is -2.08. The third-order valence-electron chi connectivity index (χ3n) is 2.81. The molecule has 0 radical (unpaired) electrons. The van der Waals surface area contributed by atoms with E-state index in [1.54, 1.807) is 19.1 Å². The molecular weight excluding hydrogens is 292 g/mol. The highest BCUT2D eigenvalue weighted by Crippen LogP contribution is 2.17. The first kappa shape index (κ1) is 15.0. The van der Waals surface area contributed by atoms with Crippen LogP contribution in [-0.4, -0.2) is 31.1 Å². The highest BCUT2D eigenvalue weighted by molar-refractivity contribution is 7.92. The standard InChI is InChI=1S/C13H16N4O3S/c1-3-14-13(18)10-4-6-11(7-5-10)17-21(19,20)12-8-15-16-9(12)2/h4-8,17H,3H2,1-2H3,(H,14,18)(H,15,16). The second-order valence-corrected chi connectivity index (χ2v) is 6.05. The number of aromatic amines is 1. The Morgan fingerprint density at radius 1 is 1.29 bits per heavy atom. The van der Waals surface area contributed by atoms with Gasteiger partial charge >= 0.3 is 0 Å². The molecule has 7 nitrogen and oxygen atoms in total. The molecule has 0 bridgehead atoms. The molecule has 1 heterocycles. The summed E-state index contributed by atoms with van der Waals surface area (Å²) >= 11 is 0. The lowest BCUT2D eigenvalue weighted by atomic mass is 10.2. The molecule has 0 saturated carbocycles. The van der Waals surface area contributed by atoms with Crippen LogP contribution in [-0.2, 0) is 10.0 Å². The van der Waals surface area contributed by atoms with Crippen LogP contribution < -0.4 is 10.0 Å². The van der Waals surface area contributed by atoms with Gasteiger partial charge in [-0.05, 0) is 38.1 Å². The van der Waals surface area contributed by atoms with Crippen molar-refractivity contribution in [3.05, 3.63) is 41.7 Å². The molecule has 0 atom stereocenters. The van der Waals surface area contributed by atoms with E-state index in [4.69, 9.17) is 0 Å². The smallest absolute Gasteiger partial charge is 0.265 e. The first-order valence-corrected chi connectivity index (χ1v) is 7.83. The normalized spacial score (nSPS) is 11.1. The van der Waals surface area contributed by atoms with Gasteiger partial charge in [-0.1, -0.05) is 0 Å². The molecule has 8 heteroatoms. The Morgan fingerprint density at radius 2 is 1.95 bits per heavy atom. The molecule has 112 valence electrons. The zero-order chi connectivity index (χ0) is 15.5. The van der Waals surface area contributed by atoms with E-state index in [0.717, 1.165) is 0 Å². The minimum Gasteiger partial charge on any atom is -0.352 e.